The molecule has 88 valence electrons. The largest absolute Gasteiger partial charge is 0.354 e. The molecule has 0 saturated carbocycles. The van der Waals surface area contributed by atoms with Gasteiger partial charge in [0.25, 0.3) is 0 Å². The summed E-state index contributed by atoms with van der Waals surface area (Å²) in [7, 11) is 0. The highest BCUT2D eigenvalue weighted by atomic mass is 79.9. The van der Waals surface area contributed by atoms with E-state index in [1.165, 1.54) is 0 Å². The molecule has 0 spiro atoms. The highest BCUT2D eigenvalue weighted by Gasteiger charge is 2.37. The fourth-order valence-electron chi connectivity index (χ4n) is 1.57. The summed E-state index contributed by atoms with van der Waals surface area (Å²) in [4.78, 5) is 12.3. The summed E-state index contributed by atoms with van der Waals surface area (Å²) < 4.78 is -0.177. The molecule has 1 aliphatic heterocycles. The Labute approximate surface area is 105 Å². The minimum absolute atomic E-state index is 0.177. The molecule has 1 fully saturated rings. The zero-order valence-electron chi connectivity index (χ0n) is 9.68. The van der Waals surface area contributed by atoms with Crippen molar-refractivity contribution in [2.75, 3.05) is 12.3 Å². The van der Waals surface area contributed by atoms with Crippen molar-refractivity contribution >= 4 is 33.6 Å². The summed E-state index contributed by atoms with van der Waals surface area (Å²) in [5.41, 5.74) is 0. The Balaban J connectivity index is 2.35. The molecular weight excluding hydrogens is 274 g/mol. The van der Waals surface area contributed by atoms with Crippen molar-refractivity contribution in [1.82, 2.24) is 5.32 Å². The van der Waals surface area contributed by atoms with Crippen LogP contribution in [0.25, 0.3) is 0 Å². The van der Waals surface area contributed by atoms with E-state index >= 15 is 0 Å². The lowest BCUT2D eigenvalue weighted by atomic mass is 10.0. The van der Waals surface area contributed by atoms with E-state index in [0.29, 0.717) is 10.7 Å². The molecule has 1 rings (SSSR count). The van der Waals surface area contributed by atoms with Crippen molar-refractivity contribution in [3.63, 3.8) is 0 Å². The van der Waals surface area contributed by atoms with Crippen LogP contribution in [0.3, 0.4) is 0 Å². The molecule has 1 aliphatic rings. The second-order valence-corrected chi connectivity index (χ2v) is 7.43. The van der Waals surface area contributed by atoms with Gasteiger partial charge in [-0.3, -0.25) is 4.79 Å². The van der Waals surface area contributed by atoms with E-state index in [1.54, 1.807) is 11.8 Å². The van der Waals surface area contributed by atoms with Crippen LogP contribution in [0.4, 0.5) is 0 Å². The Morgan fingerprint density at radius 1 is 1.60 bits per heavy atom. The maximum atomic E-state index is 11.9. The minimum atomic E-state index is -0.177. The van der Waals surface area contributed by atoms with E-state index in [9.17, 15) is 4.79 Å². The number of amides is 1. The van der Waals surface area contributed by atoms with E-state index in [0.717, 1.165) is 25.1 Å². The van der Waals surface area contributed by atoms with Crippen LogP contribution in [0, 0.1) is 5.92 Å². The lowest BCUT2D eigenvalue weighted by Crippen LogP contribution is -2.43. The molecule has 1 amide bonds. The van der Waals surface area contributed by atoms with Gasteiger partial charge in [-0.2, -0.15) is 0 Å². The van der Waals surface area contributed by atoms with E-state index < -0.39 is 0 Å². The lowest BCUT2D eigenvalue weighted by Gasteiger charge is -2.23. The maximum absolute atomic E-state index is 11.9. The Morgan fingerprint density at radius 2 is 2.27 bits per heavy atom. The van der Waals surface area contributed by atoms with Gasteiger partial charge in [0.05, 0.1) is 4.75 Å². The number of thioether (sulfide) groups is 1. The van der Waals surface area contributed by atoms with Gasteiger partial charge in [0, 0.05) is 11.4 Å². The number of halogens is 1. The number of nitrogens with one attached hydrogen (secondary N) is 1. The monoisotopic (exact) mass is 293 g/mol. The predicted octanol–water partition coefficient (Wildman–Crippen LogP) is 2.81. The first-order valence-electron chi connectivity index (χ1n) is 5.52. The van der Waals surface area contributed by atoms with Crippen LogP contribution in [0.5, 0.6) is 0 Å². The van der Waals surface area contributed by atoms with Gasteiger partial charge in [0.15, 0.2) is 0 Å². The van der Waals surface area contributed by atoms with Crippen LogP contribution in [0.15, 0.2) is 0 Å². The quantitative estimate of drug-likeness (QED) is 0.808. The van der Waals surface area contributed by atoms with E-state index in [1.807, 2.05) is 0 Å². The first kappa shape index (κ1) is 13.4. The lowest BCUT2D eigenvalue weighted by molar-refractivity contribution is -0.123. The molecule has 0 radical (unpaired) electrons. The first-order valence-corrected chi connectivity index (χ1v) is 7.42. The maximum Gasteiger partial charge on any atom is 0.235 e. The number of carbonyl (C=O) groups is 1. The summed E-state index contributed by atoms with van der Waals surface area (Å²) in [5, 5.41) is 3.04. The Bertz CT molecular complexity index is 227. The molecule has 2 atom stereocenters. The average Bonchev–Trinajstić information content (AvgIpc) is 2.62. The second-order valence-electron chi connectivity index (χ2n) is 4.65. The summed E-state index contributed by atoms with van der Waals surface area (Å²) >= 11 is 5.36. The molecule has 0 aromatic carbocycles. The topological polar surface area (TPSA) is 29.1 Å². The van der Waals surface area contributed by atoms with E-state index in [2.05, 4.69) is 42.0 Å². The zero-order chi connectivity index (χ0) is 11.5. The molecule has 4 heteroatoms. The smallest absolute Gasteiger partial charge is 0.235 e. The van der Waals surface area contributed by atoms with Gasteiger partial charge in [0.2, 0.25) is 5.91 Å². The molecule has 0 bridgehead atoms. The molecule has 1 N–H and O–H groups in total. The third kappa shape index (κ3) is 3.66. The minimum Gasteiger partial charge on any atom is -0.354 e. The molecule has 1 saturated heterocycles. The zero-order valence-corrected chi connectivity index (χ0v) is 12.1. The molecule has 1 heterocycles. The van der Waals surface area contributed by atoms with Crippen LogP contribution >= 0.6 is 27.7 Å². The standard InChI is InChI=1S/C11H20BrNOS/c1-8(2)9(12)7-13-10(14)11(3)5-4-6-15-11/h8-9H,4-7H2,1-3H3,(H,13,14). The third-order valence-electron chi connectivity index (χ3n) is 2.88. The van der Waals surface area contributed by atoms with Crippen LogP contribution < -0.4 is 5.32 Å². The van der Waals surface area contributed by atoms with Crippen molar-refractivity contribution < 1.29 is 4.79 Å². The van der Waals surface area contributed by atoms with Crippen LogP contribution in [-0.4, -0.2) is 27.8 Å². The highest BCUT2D eigenvalue weighted by molar-refractivity contribution is 9.09. The van der Waals surface area contributed by atoms with Crippen LogP contribution in [0.1, 0.15) is 33.6 Å². The Morgan fingerprint density at radius 3 is 2.73 bits per heavy atom. The average molecular weight is 294 g/mol. The molecule has 0 aromatic rings. The number of rotatable bonds is 4. The molecule has 0 aromatic heterocycles. The van der Waals surface area contributed by atoms with Crippen molar-refractivity contribution in [3.8, 4) is 0 Å². The summed E-state index contributed by atoms with van der Waals surface area (Å²) in [6.07, 6.45) is 2.18. The van der Waals surface area contributed by atoms with Gasteiger partial charge in [-0.05, 0) is 31.4 Å². The van der Waals surface area contributed by atoms with Crippen molar-refractivity contribution in [1.29, 1.82) is 0 Å². The van der Waals surface area contributed by atoms with Crippen LogP contribution in [0.2, 0.25) is 0 Å². The van der Waals surface area contributed by atoms with E-state index in [4.69, 9.17) is 0 Å². The third-order valence-corrected chi connectivity index (χ3v) is 5.78. The number of carbonyl (C=O) groups excluding carboxylic acids is 1. The highest BCUT2D eigenvalue weighted by Crippen LogP contribution is 2.37. The van der Waals surface area contributed by atoms with Gasteiger partial charge in [0.1, 0.15) is 0 Å². The van der Waals surface area contributed by atoms with Gasteiger partial charge < -0.3 is 5.32 Å². The normalized spacial score (nSPS) is 28.1. The Hall–Kier alpha value is 0.300. The molecule has 2 nitrogen and oxygen atoms in total. The first-order chi connectivity index (χ1) is 6.96. The molecule has 2 unspecified atom stereocenters. The fourth-order valence-corrected chi connectivity index (χ4v) is 2.96. The van der Waals surface area contributed by atoms with Gasteiger partial charge in [-0.25, -0.2) is 0 Å². The second kappa shape index (κ2) is 5.58. The number of alkyl halides is 1. The molecule has 0 aliphatic carbocycles. The van der Waals surface area contributed by atoms with Gasteiger partial charge >= 0.3 is 0 Å². The van der Waals surface area contributed by atoms with Crippen molar-refractivity contribution in [2.45, 2.75) is 43.2 Å². The van der Waals surface area contributed by atoms with Gasteiger partial charge in [-0.1, -0.05) is 29.8 Å². The van der Waals surface area contributed by atoms with Crippen molar-refractivity contribution in [3.05, 3.63) is 0 Å². The van der Waals surface area contributed by atoms with Crippen molar-refractivity contribution in [2.24, 2.45) is 5.92 Å². The van der Waals surface area contributed by atoms with Crippen LogP contribution in [-0.2, 0) is 4.79 Å². The number of hydrogen-bond donors (Lipinski definition) is 1. The Kier molecular flexibility index (Phi) is 4.97. The van der Waals surface area contributed by atoms with Gasteiger partial charge in [-0.15, -0.1) is 11.8 Å². The summed E-state index contributed by atoms with van der Waals surface area (Å²) in [5.74, 6) is 1.87. The number of hydrogen-bond acceptors (Lipinski definition) is 2. The summed E-state index contributed by atoms with van der Waals surface area (Å²) in [6.45, 7) is 7.08. The SMILES string of the molecule is CC(C)C(Br)CNC(=O)C1(C)CCCS1. The predicted molar refractivity (Wildman–Crippen MR) is 70.7 cm³/mol. The molecule has 15 heavy (non-hydrogen) atoms. The summed E-state index contributed by atoms with van der Waals surface area (Å²) in [6, 6.07) is 0. The fraction of sp³-hybridized carbons (Fsp3) is 0.909. The van der Waals surface area contributed by atoms with E-state index in [-0.39, 0.29) is 10.7 Å². The molecular formula is C11H20BrNOS.